The van der Waals surface area contributed by atoms with E-state index in [1.54, 1.807) is 0 Å². The summed E-state index contributed by atoms with van der Waals surface area (Å²) in [5.41, 5.74) is 1.95. The van der Waals surface area contributed by atoms with Crippen molar-refractivity contribution in [3.63, 3.8) is 0 Å². The van der Waals surface area contributed by atoms with Crippen LogP contribution < -0.4 is 0 Å². The van der Waals surface area contributed by atoms with E-state index in [4.69, 9.17) is 31.4 Å². The van der Waals surface area contributed by atoms with Gasteiger partial charge in [-0.2, -0.15) is 26.3 Å². The molecule has 33 heavy (non-hydrogen) atoms. The van der Waals surface area contributed by atoms with Crippen LogP contribution in [0.3, 0.4) is 0 Å². The Balaban J connectivity index is 0.000000324. The number of piperidine rings is 1. The Kier molecular flexibility index (Phi) is 10.4. The molecule has 0 aliphatic carbocycles. The second kappa shape index (κ2) is 11.9. The lowest BCUT2D eigenvalue weighted by molar-refractivity contribution is -0.193. The van der Waals surface area contributed by atoms with Crippen LogP contribution in [0.15, 0.2) is 24.3 Å². The lowest BCUT2D eigenvalue weighted by atomic mass is 9.79. The molecule has 0 radical (unpaired) electrons. The molecule has 1 aromatic rings. The molecular formula is C20H25ClF6N2O4. The average Bonchev–Trinajstić information content (AvgIpc) is 3.04. The molecule has 6 nitrogen and oxygen atoms in total. The normalized spacial score (nSPS) is 21.6. The first-order valence-corrected chi connectivity index (χ1v) is 10.2. The highest BCUT2D eigenvalue weighted by molar-refractivity contribution is 6.30. The Bertz CT molecular complexity index is 764. The van der Waals surface area contributed by atoms with Gasteiger partial charge in [-0.05, 0) is 62.5 Å². The summed E-state index contributed by atoms with van der Waals surface area (Å²) in [6.45, 7) is 6.14. The highest BCUT2D eigenvalue weighted by Crippen LogP contribution is 2.39. The van der Waals surface area contributed by atoms with Crippen molar-refractivity contribution in [2.24, 2.45) is 5.41 Å². The van der Waals surface area contributed by atoms with Gasteiger partial charge in [0.15, 0.2) is 0 Å². The zero-order chi connectivity index (χ0) is 25.4. The van der Waals surface area contributed by atoms with Gasteiger partial charge in [-0.3, -0.25) is 4.90 Å². The molecule has 2 fully saturated rings. The van der Waals surface area contributed by atoms with Crippen molar-refractivity contribution in [2.75, 3.05) is 33.2 Å². The van der Waals surface area contributed by atoms with Crippen LogP contribution in [0.5, 0.6) is 0 Å². The van der Waals surface area contributed by atoms with E-state index < -0.39 is 24.3 Å². The molecule has 0 amide bonds. The third-order valence-electron chi connectivity index (χ3n) is 5.17. The quantitative estimate of drug-likeness (QED) is 0.574. The number of hydrogen-bond donors (Lipinski definition) is 2. The van der Waals surface area contributed by atoms with E-state index in [9.17, 15) is 26.3 Å². The fourth-order valence-electron chi connectivity index (χ4n) is 3.80. The van der Waals surface area contributed by atoms with E-state index >= 15 is 0 Å². The Labute approximate surface area is 191 Å². The Morgan fingerprint density at radius 3 is 1.85 bits per heavy atom. The maximum atomic E-state index is 10.6. The fourth-order valence-corrected chi connectivity index (χ4v) is 3.92. The van der Waals surface area contributed by atoms with Gasteiger partial charge in [0.2, 0.25) is 0 Å². The van der Waals surface area contributed by atoms with Crippen LogP contribution in [0.2, 0.25) is 5.02 Å². The van der Waals surface area contributed by atoms with Crippen molar-refractivity contribution in [3.8, 4) is 0 Å². The summed E-state index contributed by atoms with van der Waals surface area (Å²) in [5.74, 6) is -5.51. The van der Waals surface area contributed by atoms with Gasteiger partial charge >= 0.3 is 24.3 Å². The van der Waals surface area contributed by atoms with Gasteiger partial charge in [0.25, 0.3) is 0 Å². The molecule has 0 bridgehead atoms. The van der Waals surface area contributed by atoms with E-state index in [0.29, 0.717) is 5.41 Å². The van der Waals surface area contributed by atoms with E-state index in [1.807, 2.05) is 12.1 Å². The molecule has 2 aliphatic rings. The molecule has 1 atom stereocenters. The molecule has 0 aromatic heterocycles. The Morgan fingerprint density at radius 1 is 0.939 bits per heavy atom. The number of benzene rings is 1. The number of carbonyl (C=O) groups is 2. The van der Waals surface area contributed by atoms with Crippen LogP contribution in [0, 0.1) is 5.41 Å². The number of carboxylic acid groups (broad SMARTS) is 2. The van der Waals surface area contributed by atoms with Crippen LogP contribution in [0.25, 0.3) is 0 Å². The van der Waals surface area contributed by atoms with Gasteiger partial charge in [-0.1, -0.05) is 23.7 Å². The first-order valence-electron chi connectivity index (χ1n) is 9.80. The number of rotatable bonds is 2. The summed E-state index contributed by atoms with van der Waals surface area (Å²) in [5, 5.41) is 15.1. The fraction of sp³-hybridized carbons (Fsp3) is 0.600. The van der Waals surface area contributed by atoms with Crippen molar-refractivity contribution in [3.05, 3.63) is 34.9 Å². The second-order valence-corrected chi connectivity index (χ2v) is 8.47. The number of halogens is 7. The molecule has 188 valence electrons. The minimum absolute atomic E-state index is 0.569. The second-order valence-electron chi connectivity index (χ2n) is 8.03. The summed E-state index contributed by atoms with van der Waals surface area (Å²) in [4.78, 5) is 22.9. The topological polar surface area (TPSA) is 81.1 Å². The van der Waals surface area contributed by atoms with Crippen molar-refractivity contribution < 1.29 is 46.1 Å². The predicted molar refractivity (Wildman–Crippen MR) is 108 cm³/mol. The van der Waals surface area contributed by atoms with E-state index in [0.717, 1.165) is 11.6 Å². The van der Waals surface area contributed by atoms with Crippen LogP contribution >= 0.6 is 11.6 Å². The highest BCUT2D eigenvalue weighted by atomic mass is 35.5. The monoisotopic (exact) mass is 506 g/mol. The molecule has 1 unspecified atom stereocenters. The third-order valence-corrected chi connectivity index (χ3v) is 5.43. The Hall–Kier alpha value is -2.05. The van der Waals surface area contributed by atoms with Crippen molar-refractivity contribution in [1.29, 1.82) is 0 Å². The summed E-state index contributed by atoms with van der Waals surface area (Å²) in [7, 11) is 2.27. The average molecular weight is 507 g/mol. The molecule has 0 saturated carbocycles. The molecule has 1 aromatic carbocycles. The lowest BCUT2D eigenvalue weighted by Crippen LogP contribution is -2.42. The van der Waals surface area contributed by atoms with Gasteiger partial charge in [-0.15, -0.1) is 0 Å². The van der Waals surface area contributed by atoms with E-state index in [-0.39, 0.29) is 0 Å². The van der Waals surface area contributed by atoms with Crippen LogP contribution in [-0.4, -0.2) is 77.5 Å². The molecule has 1 spiro atoms. The SMILES string of the molecule is CN1CCCC2(CCN(Cc3ccc(Cl)cc3)C2)C1.O=C(O)C(F)(F)F.O=C(O)C(F)(F)F. The number of hydrogen-bond acceptors (Lipinski definition) is 4. The van der Waals surface area contributed by atoms with Gasteiger partial charge in [0, 0.05) is 24.7 Å². The number of likely N-dealkylation sites (tertiary alicyclic amines) is 2. The highest BCUT2D eigenvalue weighted by Gasteiger charge is 2.40. The zero-order valence-corrected chi connectivity index (χ0v) is 18.5. The maximum absolute atomic E-state index is 10.6. The molecule has 2 heterocycles. The molecule has 2 aliphatic heterocycles. The Morgan fingerprint density at radius 2 is 1.42 bits per heavy atom. The molecule has 3 rings (SSSR count). The van der Waals surface area contributed by atoms with E-state index in [2.05, 4.69) is 29.0 Å². The number of nitrogens with zero attached hydrogens (tertiary/aromatic N) is 2. The number of alkyl halides is 6. The van der Waals surface area contributed by atoms with Crippen LogP contribution in [-0.2, 0) is 16.1 Å². The summed E-state index contributed by atoms with van der Waals surface area (Å²) >= 11 is 5.94. The number of carboxylic acids is 2. The minimum atomic E-state index is -5.08. The van der Waals surface area contributed by atoms with Crippen molar-refractivity contribution in [1.82, 2.24) is 9.80 Å². The first-order chi connectivity index (χ1) is 15.0. The molecular weight excluding hydrogens is 482 g/mol. The summed E-state index contributed by atoms with van der Waals surface area (Å²) in [6.07, 6.45) is -6.02. The minimum Gasteiger partial charge on any atom is -0.475 e. The summed E-state index contributed by atoms with van der Waals surface area (Å²) in [6, 6.07) is 8.30. The van der Waals surface area contributed by atoms with Gasteiger partial charge < -0.3 is 15.1 Å². The third kappa shape index (κ3) is 10.6. The van der Waals surface area contributed by atoms with Gasteiger partial charge in [0.1, 0.15) is 0 Å². The largest absolute Gasteiger partial charge is 0.490 e. The van der Waals surface area contributed by atoms with Crippen LogP contribution in [0.4, 0.5) is 26.3 Å². The van der Waals surface area contributed by atoms with Gasteiger partial charge in [-0.25, -0.2) is 9.59 Å². The lowest BCUT2D eigenvalue weighted by Gasteiger charge is -2.38. The smallest absolute Gasteiger partial charge is 0.475 e. The van der Waals surface area contributed by atoms with Gasteiger partial charge in [0.05, 0.1) is 0 Å². The first kappa shape index (κ1) is 29.0. The summed E-state index contributed by atoms with van der Waals surface area (Å²) < 4.78 is 63.5. The number of aliphatic carboxylic acids is 2. The predicted octanol–water partition coefficient (Wildman–Crippen LogP) is 4.52. The molecule has 2 saturated heterocycles. The molecule has 2 N–H and O–H groups in total. The maximum Gasteiger partial charge on any atom is 0.490 e. The van der Waals surface area contributed by atoms with Crippen molar-refractivity contribution in [2.45, 2.75) is 38.2 Å². The van der Waals surface area contributed by atoms with E-state index in [1.165, 1.54) is 51.0 Å². The standard InChI is InChI=1S/C16H23ClN2.2C2HF3O2/c1-18-9-2-7-16(12-18)8-10-19(13-16)11-14-3-5-15(17)6-4-14;2*3-2(4,5)1(6)7/h3-6H,2,7-13H2,1H3;2*(H,6,7). The molecule has 13 heteroatoms. The van der Waals surface area contributed by atoms with Crippen LogP contribution in [0.1, 0.15) is 24.8 Å². The zero-order valence-electron chi connectivity index (χ0n) is 17.7. The van der Waals surface area contributed by atoms with Crippen molar-refractivity contribution >= 4 is 23.5 Å².